The minimum atomic E-state index is -0.476. The summed E-state index contributed by atoms with van der Waals surface area (Å²) < 4.78 is 12.9. The number of para-hydroxylation sites is 1. The second-order valence-electron chi connectivity index (χ2n) is 6.90. The van der Waals surface area contributed by atoms with Gasteiger partial charge in [-0.15, -0.1) is 6.58 Å². The molecular formula is C23H26N4O4. The van der Waals surface area contributed by atoms with E-state index >= 15 is 0 Å². The number of hydrogen-bond donors (Lipinski definition) is 2. The normalized spacial score (nSPS) is 10.5. The zero-order valence-electron chi connectivity index (χ0n) is 17.7. The molecule has 0 saturated heterocycles. The number of nitrogens with one attached hydrogen (secondary N) is 2. The molecule has 0 aliphatic heterocycles. The summed E-state index contributed by atoms with van der Waals surface area (Å²) in [5.41, 5.74) is 1.61. The third kappa shape index (κ3) is 5.42. The molecule has 3 rings (SSSR count). The lowest BCUT2D eigenvalue weighted by atomic mass is 10.1. The van der Waals surface area contributed by atoms with Crippen LogP contribution in [0, 0.1) is 0 Å². The summed E-state index contributed by atoms with van der Waals surface area (Å²) in [5, 5.41) is 9.54. The van der Waals surface area contributed by atoms with Crippen LogP contribution in [-0.2, 0) is 20.1 Å². The Hall–Kier alpha value is -3.81. The van der Waals surface area contributed by atoms with Gasteiger partial charge in [0.1, 0.15) is 23.8 Å². The Bertz CT molecular complexity index is 1070. The van der Waals surface area contributed by atoms with Crippen molar-refractivity contribution in [2.45, 2.75) is 26.4 Å². The third-order valence-electron chi connectivity index (χ3n) is 4.53. The molecule has 0 saturated carbocycles. The summed E-state index contributed by atoms with van der Waals surface area (Å²) >= 11 is 0. The van der Waals surface area contributed by atoms with Gasteiger partial charge in [-0.05, 0) is 36.6 Å². The third-order valence-corrected chi connectivity index (χ3v) is 4.53. The van der Waals surface area contributed by atoms with Crippen molar-refractivity contribution in [2.24, 2.45) is 7.05 Å². The number of hydrogen-bond acceptors (Lipinski definition) is 5. The standard InChI is InChI=1S/C23H26N4O4/c1-4-8-16-9-6-7-10-19(16)30-15-17-11-12-20(31-17)22(28)26-18-14-25-27(3)21(18)23(29)24-13-5-2/h4,6-7,9-12,14H,1,5,8,13,15H2,2-3H3,(H,24,29)(H,26,28). The minimum absolute atomic E-state index is 0.113. The predicted octanol–water partition coefficient (Wildman–Crippen LogP) is 3.71. The number of carbonyl (C=O) groups is 2. The Balaban J connectivity index is 1.65. The molecule has 3 aromatic rings. The van der Waals surface area contributed by atoms with E-state index in [2.05, 4.69) is 22.3 Å². The Morgan fingerprint density at radius 1 is 1.23 bits per heavy atom. The van der Waals surface area contributed by atoms with Gasteiger partial charge < -0.3 is 19.8 Å². The van der Waals surface area contributed by atoms with Crippen molar-refractivity contribution < 1.29 is 18.7 Å². The van der Waals surface area contributed by atoms with Gasteiger partial charge in [-0.25, -0.2) is 0 Å². The van der Waals surface area contributed by atoms with Crippen molar-refractivity contribution >= 4 is 17.5 Å². The molecular weight excluding hydrogens is 396 g/mol. The first-order valence-corrected chi connectivity index (χ1v) is 10.0. The number of nitrogens with zero attached hydrogens (tertiary/aromatic N) is 2. The van der Waals surface area contributed by atoms with Crippen LogP contribution in [0.25, 0.3) is 0 Å². The van der Waals surface area contributed by atoms with E-state index in [0.717, 1.165) is 17.7 Å². The highest BCUT2D eigenvalue weighted by Crippen LogP contribution is 2.21. The van der Waals surface area contributed by atoms with Gasteiger partial charge in [-0.3, -0.25) is 14.3 Å². The molecule has 0 aliphatic carbocycles. The van der Waals surface area contributed by atoms with E-state index in [4.69, 9.17) is 9.15 Å². The molecule has 0 atom stereocenters. The second-order valence-corrected chi connectivity index (χ2v) is 6.90. The molecule has 31 heavy (non-hydrogen) atoms. The van der Waals surface area contributed by atoms with E-state index in [0.29, 0.717) is 24.4 Å². The van der Waals surface area contributed by atoms with Crippen LogP contribution < -0.4 is 15.4 Å². The number of benzene rings is 1. The number of aryl methyl sites for hydroxylation is 1. The summed E-state index contributed by atoms with van der Waals surface area (Å²) in [7, 11) is 1.64. The van der Waals surface area contributed by atoms with Crippen LogP contribution >= 0.6 is 0 Å². The largest absolute Gasteiger partial charge is 0.485 e. The summed E-state index contributed by atoms with van der Waals surface area (Å²) in [6.07, 6.45) is 4.75. The van der Waals surface area contributed by atoms with Gasteiger partial charge in [0.25, 0.3) is 11.8 Å². The summed E-state index contributed by atoms with van der Waals surface area (Å²) in [6.45, 7) is 6.43. The molecule has 2 amide bonds. The molecule has 0 aliphatic rings. The van der Waals surface area contributed by atoms with Gasteiger partial charge in [0, 0.05) is 13.6 Å². The average molecular weight is 422 g/mol. The number of ether oxygens (including phenoxy) is 1. The van der Waals surface area contributed by atoms with E-state index in [1.54, 1.807) is 19.2 Å². The number of amides is 2. The Morgan fingerprint density at radius 3 is 2.81 bits per heavy atom. The van der Waals surface area contributed by atoms with Crippen LogP contribution in [0.15, 0.2) is 59.7 Å². The maximum atomic E-state index is 12.6. The first kappa shape index (κ1) is 21.9. The van der Waals surface area contributed by atoms with Gasteiger partial charge in [0.15, 0.2) is 5.76 Å². The number of carbonyl (C=O) groups excluding carboxylic acids is 2. The molecule has 162 valence electrons. The SMILES string of the molecule is C=CCc1ccccc1OCc1ccc(C(=O)Nc2cnn(C)c2C(=O)NCCC)o1. The van der Waals surface area contributed by atoms with Crippen LogP contribution in [0.4, 0.5) is 5.69 Å². The molecule has 0 spiro atoms. The predicted molar refractivity (Wildman–Crippen MR) is 117 cm³/mol. The summed E-state index contributed by atoms with van der Waals surface area (Å²) in [5.74, 6) is 0.579. The molecule has 0 radical (unpaired) electrons. The van der Waals surface area contributed by atoms with Gasteiger partial charge in [0.05, 0.1) is 11.9 Å². The smallest absolute Gasteiger partial charge is 0.291 e. The van der Waals surface area contributed by atoms with Crippen molar-refractivity contribution in [1.82, 2.24) is 15.1 Å². The Morgan fingerprint density at radius 2 is 2.03 bits per heavy atom. The van der Waals surface area contributed by atoms with Crippen LogP contribution in [0.2, 0.25) is 0 Å². The fraction of sp³-hybridized carbons (Fsp3) is 0.261. The van der Waals surface area contributed by atoms with Crippen molar-refractivity contribution in [3.8, 4) is 5.75 Å². The van der Waals surface area contributed by atoms with E-state index in [1.165, 1.54) is 10.9 Å². The average Bonchev–Trinajstić information content (AvgIpc) is 3.38. The van der Waals surface area contributed by atoms with Crippen LogP contribution in [0.5, 0.6) is 5.75 Å². The summed E-state index contributed by atoms with van der Waals surface area (Å²) in [6, 6.07) is 10.9. The maximum absolute atomic E-state index is 12.6. The van der Waals surface area contributed by atoms with Crippen LogP contribution in [0.1, 0.15) is 45.7 Å². The number of furan rings is 1. The zero-order chi connectivity index (χ0) is 22.2. The highest BCUT2D eigenvalue weighted by atomic mass is 16.5. The molecule has 1 aromatic carbocycles. The molecule has 8 heteroatoms. The Kier molecular flexibility index (Phi) is 7.26. The highest BCUT2D eigenvalue weighted by Gasteiger charge is 2.20. The van der Waals surface area contributed by atoms with E-state index < -0.39 is 5.91 Å². The van der Waals surface area contributed by atoms with Gasteiger partial charge in [0.2, 0.25) is 0 Å². The second kappa shape index (κ2) is 10.3. The minimum Gasteiger partial charge on any atom is -0.485 e. The van der Waals surface area contributed by atoms with E-state index in [9.17, 15) is 9.59 Å². The molecule has 0 unspecified atom stereocenters. The van der Waals surface area contributed by atoms with Gasteiger partial charge in [-0.2, -0.15) is 5.10 Å². The molecule has 0 bridgehead atoms. The number of rotatable bonds is 10. The monoisotopic (exact) mass is 422 g/mol. The lowest BCUT2D eigenvalue weighted by Gasteiger charge is -2.09. The highest BCUT2D eigenvalue weighted by molar-refractivity contribution is 6.07. The van der Waals surface area contributed by atoms with Crippen LogP contribution in [-0.4, -0.2) is 28.1 Å². The number of aromatic nitrogens is 2. The number of allylic oxidation sites excluding steroid dienone is 1. The molecule has 0 fully saturated rings. The van der Waals surface area contributed by atoms with Gasteiger partial charge >= 0.3 is 0 Å². The lowest BCUT2D eigenvalue weighted by Crippen LogP contribution is -2.27. The van der Waals surface area contributed by atoms with Gasteiger partial charge in [-0.1, -0.05) is 31.2 Å². The summed E-state index contributed by atoms with van der Waals surface area (Å²) in [4.78, 5) is 25.0. The van der Waals surface area contributed by atoms with E-state index in [1.807, 2.05) is 37.3 Å². The quantitative estimate of drug-likeness (QED) is 0.485. The van der Waals surface area contributed by atoms with Crippen molar-refractivity contribution in [3.05, 3.63) is 78.0 Å². The van der Waals surface area contributed by atoms with Crippen molar-refractivity contribution in [1.29, 1.82) is 0 Å². The fourth-order valence-corrected chi connectivity index (χ4v) is 3.00. The lowest BCUT2D eigenvalue weighted by molar-refractivity contribution is 0.0945. The topological polar surface area (TPSA) is 98.4 Å². The molecule has 8 nitrogen and oxygen atoms in total. The van der Waals surface area contributed by atoms with Crippen molar-refractivity contribution in [3.63, 3.8) is 0 Å². The molecule has 2 N–H and O–H groups in total. The Labute approximate surface area is 180 Å². The van der Waals surface area contributed by atoms with E-state index in [-0.39, 0.29) is 24.0 Å². The molecule has 2 aromatic heterocycles. The van der Waals surface area contributed by atoms with Crippen LogP contribution in [0.3, 0.4) is 0 Å². The van der Waals surface area contributed by atoms with Crippen molar-refractivity contribution in [2.75, 3.05) is 11.9 Å². The molecule has 2 heterocycles. The first-order chi connectivity index (χ1) is 15.0. The number of anilines is 1. The first-order valence-electron chi connectivity index (χ1n) is 10.0. The maximum Gasteiger partial charge on any atom is 0.291 e. The fourth-order valence-electron chi connectivity index (χ4n) is 3.00. The zero-order valence-corrected chi connectivity index (χ0v) is 17.7.